The summed E-state index contributed by atoms with van der Waals surface area (Å²) in [4.78, 5) is 18.3. The third kappa shape index (κ3) is 2.39. The van der Waals surface area contributed by atoms with E-state index in [1.165, 1.54) is 16.0 Å². The Hall–Kier alpha value is -1.39. The van der Waals surface area contributed by atoms with Crippen LogP contribution in [-0.2, 0) is 0 Å². The molecule has 4 aromatic rings. The predicted molar refractivity (Wildman–Crippen MR) is 108 cm³/mol. The van der Waals surface area contributed by atoms with E-state index >= 15 is 0 Å². The van der Waals surface area contributed by atoms with Gasteiger partial charge in [-0.05, 0) is 76.1 Å². The van der Waals surface area contributed by atoms with Crippen LogP contribution in [0, 0.1) is 17.4 Å². The highest BCUT2D eigenvalue weighted by atomic mass is 127. The zero-order valence-corrected chi connectivity index (χ0v) is 17.2. The molecular weight excluding hydrogens is 503 g/mol. The molecule has 120 valence electrons. The summed E-state index contributed by atoms with van der Waals surface area (Å²) in [5.41, 5.74) is 3.09. The van der Waals surface area contributed by atoms with Gasteiger partial charge in [0.25, 0.3) is 5.56 Å². The second-order valence-corrected chi connectivity index (χ2v) is 8.42. The number of rotatable bonds is 1. The summed E-state index contributed by atoms with van der Waals surface area (Å²) in [6, 6.07) is 7.61. The second kappa shape index (κ2) is 5.85. The number of fused-ring (bicyclic) bond motifs is 3. The Morgan fingerprint density at radius 1 is 1.29 bits per heavy atom. The molecule has 0 aliphatic rings. The van der Waals surface area contributed by atoms with Crippen LogP contribution in [0.1, 0.15) is 11.3 Å². The van der Waals surface area contributed by atoms with Crippen LogP contribution in [0.25, 0.3) is 26.1 Å². The average Bonchev–Trinajstić information content (AvgIpc) is 2.92. The fourth-order valence-electron chi connectivity index (χ4n) is 2.65. The minimum atomic E-state index is -0.168. The van der Waals surface area contributed by atoms with Crippen molar-refractivity contribution in [3.63, 3.8) is 0 Å². The van der Waals surface area contributed by atoms with Crippen LogP contribution in [-0.4, -0.2) is 20.0 Å². The Morgan fingerprint density at radius 3 is 2.83 bits per heavy atom. The third-order valence-electron chi connectivity index (χ3n) is 3.83. The van der Waals surface area contributed by atoms with E-state index in [1.807, 2.05) is 38.1 Å². The molecule has 4 rings (SSSR count). The smallest absolute Gasteiger partial charge is 0.266 e. The lowest BCUT2D eigenvalue weighted by atomic mass is 10.1. The van der Waals surface area contributed by atoms with Gasteiger partial charge in [0.05, 0.1) is 11.4 Å². The molecule has 0 aliphatic carbocycles. The number of halogens is 2. The van der Waals surface area contributed by atoms with Gasteiger partial charge in [0, 0.05) is 13.4 Å². The fourth-order valence-corrected chi connectivity index (χ4v) is 4.61. The summed E-state index contributed by atoms with van der Waals surface area (Å²) in [6.07, 6.45) is 0. The Bertz CT molecular complexity index is 1180. The average molecular weight is 513 g/mol. The summed E-state index contributed by atoms with van der Waals surface area (Å²) in [6.45, 7) is 3.94. The van der Waals surface area contributed by atoms with Crippen LogP contribution < -0.4 is 5.56 Å². The molecular formula is C16H10BrIN4OS. The molecule has 0 unspecified atom stereocenters. The first-order valence-electron chi connectivity index (χ1n) is 7.08. The van der Waals surface area contributed by atoms with Gasteiger partial charge in [0.15, 0.2) is 0 Å². The Kier molecular flexibility index (Phi) is 3.92. The van der Waals surface area contributed by atoms with Crippen LogP contribution in [0.4, 0.5) is 0 Å². The van der Waals surface area contributed by atoms with Gasteiger partial charge in [0.2, 0.25) is 0 Å². The molecule has 0 bridgehead atoms. The van der Waals surface area contributed by atoms with Crippen molar-refractivity contribution in [2.24, 2.45) is 0 Å². The molecule has 0 fully saturated rings. The number of hydrogen-bond acceptors (Lipinski definition) is 5. The van der Waals surface area contributed by atoms with Gasteiger partial charge in [0.1, 0.15) is 15.0 Å². The molecule has 0 atom stereocenters. The number of thiophene rings is 1. The molecule has 24 heavy (non-hydrogen) atoms. The molecule has 0 N–H and O–H groups in total. The maximum atomic E-state index is 12.9. The molecule has 3 heterocycles. The predicted octanol–water partition coefficient (Wildman–Crippen LogP) is 4.37. The molecule has 0 amide bonds. The summed E-state index contributed by atoms with van der Waals surface area (Å²) in [7, 11) is 0. The topological polar surface area (TPSA) is 60.7 Å². The molecule has 0 spiro atoms. The highest BCUT2D eigenvalue weighted by molar-refractivity contribution is 14.1. The lowest BCUT2D eigenvalue weighted by Gasteiger charge is -2.04. The summed E-state index contributed by atoms with van der Waals surface area (Å²) >= 11 is 7.14. The van der Waals surface area contributed by atoms with E-state index in [9.17, 15) is 4.79 Å². The van der Waals surface area contributed by atoms with E-state index in [0.29, 0.717) is 15.9 Å². The van der Waals surface area contributed by atoms with Crippen molar-refractivity contribution in [2.45, 2.75) is 13.8 Å². The van der Waals surface area contributed by atoms with Crippen LogP contribution >= 0.6 is 49.9 Å². The van der Waals surface area contributed by atoms with Gasteiger partial charge in [-0.3, -0.25) is 4.79 Å². The molecule has 0 saturated heterocycles. The zero-order chi connectivity index (χ0) is 17.0. The lowest BCUT2D eigenvalue weighted by Crippen LogP contribution is -2.21. The lowest BCUT2D eigenvalue weighted by molar-refractivity contribution is 0.740. The zero-order valence-electron chi connectivity index (χ0n) is 12.7. The monoisotopic (exact) mass is 512 g/mol. The number of aromatic nitrogens is 4. The van der Waals surface area contributed by atoms with Crippen LogP contribution in [0.3, 0.4) is 0 Å². The van der Waals surface area contributed by atoms with Crippen molar-refractivity contribution in [1.82, 2.24) is 20.0 Å². The normalized spacial score (nSPS) is 11.5. The van der Waals surface area contributed by atoms with Gasteiger partial charge in [-0.2, -0.15) is 4.68 Å². The standard InChI is InChI=1S/C16H10BrIN4OS/c1-7-11-13-14(24-15(11)19-8(2)12(7)17)16(23)22(21-20-13)10-5-3-4-9(18)6-10/h3-6H,1-2H3. The number of hydrogen-bond donors (Lipinski definition) is 0. The van der Waals surface area contributed by atoms with Crippen molar-refractivity contribution in [2.75, 3.05) is 0 Å². The summed E-state index contributed by atoms with van der Waals surface area (Å²) in [5.74, 6) is 0. The molecule has 8 heteroatoms. The Balaban J connectivity index is 2.09. The first-order chi connectivity index (χ1) is 11.5. The van der Waals surface area contributed by atoms with E-state index in [0.717, 1.165) is 29.5 Å². The number of pyridine rings is 1. The number of aryl methyl sites for hydroxylation is 2. The van der Waals surface area contributed by atoms with E-state index < -0.39 is 0 Å². The highest BCUT2D eigenvalue weighted by Crippen LogP contribution is 2.35. The van der Waals surface area contributed by atoms with Crippen LogP contribution in [0.5, 0.6) is 0 Å². The second-order valence-electron chi connectivity index (χ2n) is 5.38. The van der Waals surface area contributed by atoms with E-state index in [4.69, 9.17) is 0 Å². The van der Waals surface area contributed by atoms with E-state index in [1.54, 1.807) is 0 Å². The fraction of sp³-hybridized carbons (Fsp3) is 0.125. The van der Waals surface area contributed by atoms with Crippen LogP contribution in [0.15, 0.2) is 33.5 Å². The molecule has 0 radical (unpaired) electrons. The van der Waals surface area contributed by atoms with Gasteiger partial charge in [-0.25, -0.2) is 4.98 Å². The minimum absolute atomic E-state index is 0.168. The minimum Gasteiger partial charge on any atom is -0.266 e. The van der Waals surface area contributed by atoms with Crippen molar-refractivity contribution >= 4 is 70.3 Å². The molecule has 5 nitrogen and oxygen atoms in total. The molecule has 0 saturated carbocycles. The molecule has 1 aromatic carbocycles. The quantitative estimate of drug-likeness (QED) is 0.355. The first kappa shape index (κ1) is 16.1. The Labute approximate surface area is 163 Å². The van der Waals surface area contributed by atoms with Crippen LogP contribution in [0.2, 0.25) is 0 Å². The number of benzene rings is 1. The number of nitrogens with zero attached hydrogens (tertiary/aromatic N) is 4. The van der Waals surface area contributed by atoms with Gasteiger partial charge in [-0.1, -0.05) is 11.3 Å². The maximum absolute atomic E-state index is 12.9. The van der Waals surface area contributed by atoms with Crippen molar-refractivity contribution in [1.29, 1.82) is 0 Å². The molecule has 0 aliphatic heterocycles. The molecule has 3 aromatic heterocycles. The highest BCUT2D eigenvalue weighted by Gasteiger charge is 2.18. The van der Waals surface area contributed by atoms with Crippen molar-refractivity contribution in [3.05, 3.63) is 53.9 Å². The summed E-state index contributed by atoms with van der Waals surface area (Å²) < 4.78 is 3.90. The largest absolute Gasteiger partial charge is 0.292 e. The van der Waals surface area contributed by atoms with E-state index in [2.05, 4.69) is 53.8 Å². The van der Waals surface area contributed by atoms with Crippen molar-refractivity contribution in [3.8, 4) is 5.69 Å². The maximum Gasteiger partial charge on any atom is 0.292 e. The van der Waals surface area contributed by atoms with Gasteiger partial charge in [-0.15, -0.1) is 16.4 Å². The summed E-state index contributed by atoms with van der Waals surface area (Å²) in [5, 5.41) is 9.37. The van der Waals surface area contributed by atoms with Gasteiger partial charge >= 0.3 is 0 Å². The van der Waals surface area contributed by atoms with Gasteiger partial charge < -0.3 is 0 Å². The Morgan fingerprint density at radius 2 is 2.08 bits per heavy atom. The van der Waals surface area contributed by atoms with Crippen molar-refractivity contribution < 1.29 is 0 Å². The van der Waals surface area contributed by atoms with E-state index in [-0.39, 0.29) is 5.56 Å². The first-order valence-corrected chi connectivity index (χ1v) is 9.77. The third-order valence-corrected chi connectivity index (χ3v) is 6.73. The SMILES string of the molecule is Cc1nc2sc3c(=O)n(-c4cccc(I)c4)nnc3c2c(C)c1Br.